The van der Waals surface area contributed by atoms with E-state index in [1.165, 1.54) is 43.8 Å². The van der Waals surface area contributed by atoms with E-state index in [4.69, 9.17) is 0 Å². The standard InChI is InChI=1S/C128H151BN4/c1-118(2,3)74-80-38-34-42-86(58-80)97-62-84(78-122(13,14)15)63-98(87-43-35-39-81(59-87)75-119(4,5)6)116(97)132-111-72-95(130-107-54-46-90(124(19,20)21)66-101(107)102-67-91(125(22,23)24)47-55-108(102)130)50-52-105(111)129-106-53-51-96(131-109-56-48-92(126(25,26)27)68-103(109)104-69-93(127(28,29)30)49-57-110(104)131)73-112(106)133(114-71-94(128(31,32)33)70-113(132)115(114)129)117-99(88-44-36-40-82(60-88)76-120(7,8)9)64-85(79-123(16,17)18)65-100(117)89-45-37-41-83(61-89)77-121(10,11)12/h34-73H,74-79H2,1-33H3/i74D2,75D2,76D2,77D2. The van der Waals surface area contributed by atoms with Gasteiger partial charge in [-0.3, -0.25) is 0 Å². The maximum absolute atomic E-state index is 10.3. The number of hydrogen-bond acceptors (Lipinski definition) is 2. The first kappa shape index (κ1) is 83.9. The normalized spacial score (nSPS) is 15.2. The molecule has 133 heavy (non-hydrogen) atoms. The van der Waals surface area contributed by atoms with E-state index >= 15 is 0 Å². The third-order valence-corrected chi connectivity index (χ3v) is 26.4. The Morgan fingerprint density at radius 2 is 0.489 bits per heavy atom. The van der Waals surface area contributed by atoms with Gasteiger partial charge >= 0.3 is 0 Å². The molecule has 0 spiro atoms. The second-order valence-corrected chi connectivity index (χ2v) is 50.7. The maximum Gasteiger partial charge on any atom is 0.252 e. The highest BCUT2D eigenvalue weighted by molar-refractivity contribution is 7.00. The Morgan fingerprint density at radius 3 is 0.722 bits per heavy atom. The fourth-order valence-corrected chi connectivity index (χ4v) is 20.6. The van der Waals surface area contributed by atoms with E-state index < -0.39 is 59.3 Å². The van der Waals surface area contributed by atoms with Gasteiger partial charge in [0.2, 0.25) is 0 Å². The summed E-state index contributed by atoms with van der Waals surface area (Å²) in [6.07, 6.45) is -5.90. The smallest absolute Gasteiger partial charge is 0.252 e. The van der Waals surface area contributed by atoms with E-state index in [-0.39, 0.29) is 32.5 Å². The Kier molecular flexibility index (Phi) is 20.8. The SMILES string of the molecule is [2H]C([2H])(c1cccc(-c2cc(CC(C)(C)C)cc(-c3cccc(C([2H])([2H])C(C)(C)C)c3)c2N2c3cc(-n4c5ccc(C(C)(C)C)cc5c5cc(C(C)(C)C)ccc54)ccc3B3c4ccc(-n5c6ccc(C(C)(C)C)cc6c6cc(C(C)(C)C)ccc65)cc4N(c4c(-c5cccc(C([2H])([2H])C(C)(C)C)c5)cc(CC(C)(C)C)cc4-c4cccc(C([2H])([2H])C(C)(C)C)c4)c4cc(C(C)(C)C)cc2c43)c1)C(C)(C)C. The van der Waals surface area contributed by atoms with Crippen molar-refractivity contribution < 1.29 is 11.0 Å². The summed E-state index contributed by atoms with van der Waals surface area (Å²) in [6.45, 7) is 71.7. The van der Waals surface area contributed by atoms with Gasteiger partial charge in [-0.25, -0.2) is 0 Å². The molecule has 0 unspecified atom stereocenters. The number of fused-ring (bicyclic) bond motifs is 10. The Morgan fingerprint density at radius 1 is 0.233 bits per heavy atom. The van der Waals surface area contributed by atoms with Gasteiger partial charge in [0.15, 0.2) is 0 Å². The molecule has 0 saturated carbocycles. The molecule has 0 amide bonds. The molecule has 2 aliphatic heterocycles. The summed E-state index contributed by atoms with van der Waals surface area (Å²) in [7, 11) is 0. The first-order chi connectivity index (χ1) is 64.9. The first-order valence-corrected chi connectivity index (χ1v) is 48.9. The van der Waals surface area contributed by atoms with Gasteiger partial charge in [-0.15, -0.1) is 0 Å². The van der Waals surface area contributed by atoms with Crippen LogP contribution in [-0.4, -0.2) is 15.8 Å². The number of benzene rings is 13. The van der Waals surface area contributed by atoms with Crippen LogP contribution < -0.4 is 26.2 Å². The van der Waals surface area contributed by atoms with Gasteiger partial charge in [-0.05, 0) is 307 Å². The minimum atomic E-state index is -1.81. The molecule has 4 nitrogen and oxygen atoms in total. The van der Waals surface area contributed by atoms with Crippen LogP contribution >= 0.6 is 0 Å². The average Bonchev–Trinajstić information content (AvgIpc) is 1.01. The van der Waals surface area contributed by atoms with Crippen molar-refractivity contribution in [2.45, 2.75) is 294 Å². The van der Waals surface area contributed by atoms with Gasteiger partial charge in [0.25, 0.3) is 6.71 Å². The van der Waals surface area contributed by atoms with Gasteiger partial charge in [0.1, 0.15) is 0 Å². The number of rotatable bonds is 14. The quantitative estimate of drug-likeness (QED) is 0.101. The van der Waals surface area contributed by atoms with Gasteiger partial charge in [0, 0.05) is 88.9 Å². The van der Waals surface area contributed by atoms with Gasteiger partial charge in [0.05, 0.1) is 33.4 Å². The molecule has 0 fully saturated rings. The minimum Gasteiger partial charge on any atom is -0.310 e. The van der Waals surface area contributed by atoms with Crippen LogP contribution in [-0.2, 0) is 65.4 Å². The lowest BCUT2D eigenvalue weighted by Gasteiger charge is -2.46. The zero-order chi connectivity index (χ0) is 103. The highest BCUT2D eigenvalue weighted by Gasteiger charge is 2.47. The highest BCUT2D eigenvalue weighted by atomic mass is 15.2. The van der Waals surface area contributed by atoms with E-state index in [1.807, 2.05) is 132 Å². The van der Waals surface area contributed by atoms with E-state index in [1.54, 1.807) is 0 Å². The molecule has 4 heterocycles. The molecule has 0 bridgehead atoms. The molecule has 2 aromatic heterocycles. The molecule has 686 valence electrons. The Labute approximate surface area is 811 Å². The van der Waals surface area contributed by atoms with Crippen LogP contribution in [0.5, 0.6) is 0 Å². The van der Waals surface area contributed by atoms with Crippen LogP contribution in [0.25, 0.3) is 99.5 Å². The van der Waals surface area contributed by atoms with E-state index in [9.17, 15) is 11.0 Å². The van der Waals surface area contributed by atoms with Crippen LogP contribution in [0.3, 0.4) is 0 Å². The Hall–Kier alpha value is -10.9. The molecule has 0 saturated heterocycles. The van der Waals surface area contributed by atoms with Crippen molar-refractivity contribution in [3.8, 4) is 55.9 Å². The molecular weight excluding hydrogens is 1600 g/mol. The monoisotopic (exact) mass is 1760 g/mol. The van der Waals surface area contributed by atoms with Crippen LogP contribution in [0.4, 0.5) is 34.1 Å². The highest BCUT2D eigenvalue weighted by Crippen LogP contribution is 2.57. The fourth-order valence-electron chi connectivity index (χ4n) is 20.6. The third-order valence-electron chi connectivity index (χ3n) is 26.4. The average molecular weight is 1760 g/mol. The fraction of sp³-hybridized carbons (Fsp3) is 0.391. The molecule has 13 aromatic carbocycles. The van der Waals surface area contributed by atoms with Crippen molar-refractivity contribution in [3.05, 3.63) is 304 Å². The van der Waals surface area contributed by atoms with Crippen LogP contribution in [0.2, 0.25) is 0 Å². The van der Waals surface area contributed by atoms with Crippen LogP contribution in [0, 0.1) is 32.5 Å². The van der Waals surface area contributed by atoms with Crippen molar-refractivity contribution in [1.82, 2.24) is 9.13 Å². The zero-order valence-electron chi connectivity index (χ0n) is 94.4. The summed E-state index contributed by atoms with van der Waals surface area (Å²) in [6, 6.07) is 90.7. The second-order valence-electron chi connectivity index (χ2n) is 50.7. The van der Waals surface area contributed by atoms with Crippen molar-refractivity contribution in [3.63, 3.8) is 0 Å². The predicted octanol–water partition coefficient (Wildman–Crippen LogP) is 34.7. The van der Waals surface area contributed by atoms with Crippen molar-refractivity contribution in [1.29, 1.82) is 0 Å². The molecule has 0 aliphatic carbocycles. The Balaban J connectivity index is 1.13. The molecule has 5 heteroatoms. The summed E-state index contributed by atoms with van der Waals surface area (Å²) < 4.78 is 87.1. The lowest BCUT2D eigenvalue weighted by molar-refractivity contribution is 0.410. The zero-order valence-corrected chi connectivity index (χ0v) is 86.4. The van der Waals surface area contributed by atoms with Crippen LogP contribution in [0.15, 0.2) is 243 Å². The minimum absolute atomic E-state index is 0.165. The number of nitrogens with zero attached hydrogens (tertiary/aromatic N) is 4. The van der Waals surface area contributed by atoms with Gasteiger partial charge < -0.3 is 18.9 Å². The molecule has 15 aromatic rings. The first-order valence-electron chi connectivity index (χ1n) is 52.9. The van der Waals surface area contributed by atoms with E-state index in [0.29, 0.717) is 35.1 Å². The second kappa shape index (κ2) is 33.0. The lowest BCUT2D eigenvalue weighted by atomic mass is 9.33. The molecule has 0 atom stereocenters. The summed E-state index contributed by atoms with van der Waals surface area (Å²) in [5, 5.41) is 4.67. The van der Waals surface area contributed by atoms with Crippen molar-refractivity contribution >= 4 is 101 Å². The Bertz CT molecular complexity index is 6760. The van der Waals surface area contributed by atoms with Gasteiger partial charge in [-0.1, -0.05) is 362 Å². The summed E-state index contributed by atoms with van der Waals surface area (Å²) in [5.74, 6) is 0. The number of hydrogen-bond donors (Lipinski definition) is 0. The number of anilines is 6. The summed E-state index contributed by atoms with van der Waals surface area (Å²) in [4.78, 5) is 5.21. The van der Waals surface area contributed by atoms with Gasteiger partial charge in [-0.2, -0.15) is 0 Å². The molecule has 0 N–H and O–H groups in total. The van der Waals surface area contributed by atoms with E-state index in [2.05, 4.69) is 358 Å². The van der Waals surface area contributed by atoms with Crippen LogP contribution in [0.1, 0.15) is 301 Å². The largest absolute Gasteiger partial charge is 0.310 e. The molecule has 17 rings (SSSR count). The van der Waals surface area contributed by atoms with Crippen molar-refractivity contribution in [2.75, 3.05) is 9.80 Å². The molecule has 0 radical (unpaired) electrons. The third kappa shape index (κ3) is 19.2. The maximum atomic E-state index is 10.3. The topological polar surface area (TPSA) is 16.3 Å². The molecular formula is C128H151BN4. The summed E-state index contributed by atoms with van der Waals surface area (Å²) in [5.41, 5.74) is 27.0. The van der Waals surface area contributed by atoms with Crippen molar-refractivity contribution in [2.24, 2.45) is 32.5 Å². The molecule has 2 aliphatic rings. The predicted molar refractivity (Wildman–Crippen MR) is 583 cm³/mol. The number of aromatic nitrogens is 2. The lowest BCUT2D eigenvalue weighted by Crippen LogP contribution is -2.61. The van der Waals surface area contributed by atoms with E-state index in [0.717, 1.165) is 145 Å². The summed E-state index contributed by atoms with van der Waals surface area (Å²) >= 11 is 0.